The van der Waals surface area contributed by atoms with Gasteiger partial charge in [0.2, 0.25) is 11.8 Å². The van der Waals surface area contributed by atoms with Crippen LogP contribution in [0, 0.1) is 5.82 Å². The van der Waals surface area contributed by atoms with Crippen LogP contribution in [0.3, 0.4) is 0 Å². The fourth-order valence-electron chi connectivity index (χ4n) is 2.55. The monoisotopic (exact) mass is 481 g/mol. The molecule has 0 spiro atoms. The zero-order valence-electron chi connectivity index (χ0n) is 16.7. The van der Waals surface area contributed by atoms with Gasteiger partial charge in [-0.2, -0.15) is 8.78 Å². The molecule has 0 saturated carbocycles. The second-order valence-electron chi connectivity index (χ2n) is 6.41. The summed E-state index contributed by atoms with van der Waals surface area (Å²) >= 11 is 2.26. The minimum Gasteiger partial charge on any atom is -0.434 e. The molecule has 168 valence electrons. The van der Waals surface area contributed by atoms with Gasteiger partial charge in [0.25, 0.3) is 0 Å². The highest BCUT2D eigenvalue weighted by molar-refractivity contribution is 8.01. The molecule has 32 heavy (non-hydrogen) atoms. The van der Waals surface area contributed by atoms with Crippen molar-refractivity contribution in [1.29, 1.82) is 0 Å². The number of aromatic nitrogens is 1. The summed E-state index contributed by atoms with van der Waals surface area (Å²) in [4.78, 5) is 28.7. The molecular weight excluding hydrogens is 463 g/mol. The van der Waals surface area contributed by atoms with E-state index in [4.69, 9.17) is 0 Å². The Balaban J connectivity index is 1.53. The van der Waals surface area contributed by atoms with E-state index in [0.717, 1.165) is 23.1 Å². The van der Waals surface area contributed by atoms with Gasteiger partial charge < -0.3 is 15.4 Å². The molecule has 2 aromatic carbocycles. The summed E-state index contributed by atoms with van der Waals surface area (Å²) in [5.74, 6) is -1.08. The summed E-state index contributed by atoms with van der Waals surface area (Å²) in [5, 5.41) is 6.63. The number of thiazole rings is 1. The quantitative estimate of drug-likeness (QED) is 0.436. The highest BCUT2D eigenvalue weighted by Crippen LogP contribution is 2.33. The van der Waals surface area contributed by atoms with Gasteiger partial charge in [-0.1, -0.05) is 12.1 Å². The highest BCUT2D eigenvalue weighted by atomic mass is 32.2. The fourth-order valence-corrected chi connectivity index (χ4v) is 3.94. The van der Waals surface area contributed by atoms with Crippen LogP contribution in [0.15, 0.2) is 53.9 Å². The van der Waals surface area contributed by atoms with Crippen LogP contribution in [-0.4, -0.2) is 34.4 Å². The Morgan fingerprint density at radius 3 is 2.56 bits per heavy atom. The lowest BCUT2D eigenvalue weighted by atomic mass is 10.1. The maximum absolute atomic E-state index is 12.9. The van der Waals surface area contributed by atoms with Crippen molar-refractivity contribution in [3.8, 4) is 17.0 Å². The third-order valence-electron chi connectivity index (χ3n) is 4.08. The van der Waals surface area contributed by atoms with Crippen molar-refractivity contribution < 1.29 is 27.5 Å². The summed E-state index contributed by atoms with van der Waals surface area (Å²) in [6.45, 7) is -1.32. The molecule has 2 N–H and O–H groups in total. The first kappa shape index (κ1) is 23.6. The number of nitrogens with one attached hydrogen (secondary N) is 2. The van der Waals surface area contributed by atoms with E-state index in [0.29, 0.717) is 22.1 Å². The van der Waals surface area contributed by atoms with Crippen LogP contribution in [0.2, 0.25) is 0 Å². The van der Waals surface area contributed by atoms with E-state index in [1.807, 2.05) is 0 Å². The summed E-state index contributed by atoms with van der Waals surface area (Å²) < 4.78 is 42.6. The molecule has 11 heteroatoms. The molecule has 1 unspecified atom stereocenters. The highest BCUT2D eigenvalue weighted by Gasteiger charge is 2.18. The lowest BCUT2D eigenvalue weighted by Gasteiger charge is -2.11. The Morgan fingerprint density at radius 1 is 1.12 bits per heavy atom. The minimum absolute atomic E-state index is 0.0123. The number of hydrogen-bond donors (Lipinski definition) is 2. The summed E-state index contributed by atoms with van der Waals surface area (Å²) in [5.41, 5.74) is 1.23. The van der Waals surface area contributed by atoms with E-state index in [1.165, 1.54) is 30.3 Å². The number of anilines is 2. The average Bonchev–Trinajstić information content (AvgIpc) is 3.22. The molecule has 0 aliphatic heterocycles. The number of thioether (sulfide) groups is 1. The van der Waals surface area contributed by atoms with Crippen LogP contribution in [0.1, 0.15) is 6.92 Å². The molecule has 0 saturated heterocycles. The summed E-state index contributed by atoms with van der Waals surface area (Å²) in [7, 11) is 0. The van der Waals surface area contributed by atoms with Gasteiger partial charge in [-0.15, -0.1) is 23.1 Å². The van der Waals surface area contributed by atoms with Gasteiger partial charge in [-0.25, -0.2) is 9.37 Å². The number of ether oxygens (including phenoxy) is 1. The number of carbonyl (C=O) groups is 2. The molecule has 0 bridgehead atoms. The summed E-state index contributed by atoms with van der Waals surface area (Å²) in [6, 6.07) is 11.6. The van der Waals surface area contributed by atoms with E-state index in [-0.39, 0.29) is 23.3 Å². The van der Waals surface area contributed by atoms with Crippen LogP contribution >= 0.6 is 23.1 Å². The molecular formula is C21H18F3N3O3S2. The third-order valence-corrected chi connectivity index (χ3v) is 5.98. The van der Waals surface area contributed by atoms with Gasteiger partial charge in [0.15, 0.2) is 5.13 Å². The molecule has 0 radical (unpaired) electrons. The molecule has 2 amide bonds. The van der Waals surface area contributed by atoms with E-state index < -0.39 is 17.7 Å². The van der Waals surface area contributed by atoms with Gasteiger partial charge in [0, 0.05) is 16.6 Å². The van der Waals surface area contributed by atoms with Gasteiger partial charge in [0.05, 0.1) is 16.7 Å². The van der Waals surface area contributed by atoms with E-state index in [9.17, 15) is 22.8 Å². The number of para-hydroxylation sites is 1. The topological polar surface area (TPSA) is 80.3 Å². The largest absolute Gasteiger partial charge is 0.434 e. The van der Waals surface area contributed by atoms with Crippen molar-refractivity contribution in [2.45, 2.75) is 18.8 Å². The zero-order valence-corrected chi connectivity index (χ0v) is 18.3. The second kappa shape index (κ2) is 11.0. The first-order valence-corrected chi connectivity index (χ1v) is 11.2. The zero-order chi connectivity index (χ0) is 23.1. The standard InChI is InChI=1S/C21H18F3N3O3S2/c1-12(31-11-18(28)25-14-8-6-13(22)7-9-14)19(29)27-21-26-16(10-32-21)15-4-2-3-5-17(15)30-20(23)24/h2-10,12,20H,11H2,1H3,(H,25,28)(H,26,27,29). The van der Waals surface area contributed by atoms with Crippen LogP contribution in [0.5, 0.6) is 5.75 Å². The molecule has 3 rings (SSSR count). The van der Waals surface area contributed by atoms with Crippen molar-refractivity contribution in [1.82, 2.24) is 4.98 Å². The lowest BCUT2D eigenvalue weighted by molar-refractivity contribution is -0.115. The smallest absolute Gasteiger partial charge is 0.387 e. The molecule has 3 aromatic rings. The molecule has 1 heterocycles. The van der Waals surface area contributed by atoms with Crippen molar-refractivity contribution >= 4 is 45.7 Å². The predicted octanol–water partition coefficient (Wildman–Crippen LogP) is 5.25. The van der Waals surface area contributed by atoms with Crippen molar-refractivity contribution in [2.24, 2.45) is 0 Å². The number of alkyl halides is 2. The maximum Gasteiger partial charge on any atom is 0.387 e. The number of benzene rings is 2. The Labute approximate surface area is 190 Å². The van der Waals surface area contributed by atoms with E-state index >= 15 is 0 Å². The minimum atomic E-state index is -2.97. The maximum atomic E-state index is 12.9. The Morgan fingerprint density at radius 2 is 1.84 bits per heavy atom. The number of amides is 2. The van der Waals surface area contributed by atoms with Gasteiger partial charge >= 0.3 is 6.61 Å². The number of nitrogens with zero attached hydrogens (tertiary/aromatic N) is 1. The predicted molar refractivity (Wildman–Crippen MR) is 120 cm³/mol. The Bertz CT molecular complexity index is 1080. The van der Waals surface area contributed by atoms with Crippen molar-refractivity contribution in [3.05, 3.63) is 59.7 Å². The van der Waals surface area contributed by atoms with Crippen LogP contribution in [0.4, 0.5) is 24.0 Å². The molecule has 1 aromatic heterocycles. The van der Waals surface area contributed by atoms with Crippen LogP contribution in [-0.2, 0) is 9.59 Å². The third kappa shape index (κ3) is 6.72. The van der Waals surface area contributed by atoms with Gasteiger partial charge in [-0.05, 0) is 43.3 Å². The van der Waals surface area contributed by atoms with Gasteiger partial charge in [-0.3, -0.25) is 9.59 Å². The SMILES string of the molecule is CC(SCC(=O)Nc1ccc(F)cc1)C(=O)Nc1nc(-c2ccccc2OC(F)F)cs1. The normalized spacial score (nSPS) is 11.8. The van der Waals surface area contributed by atoms with Crippen LogP contribution in [0.25, 0.3) is 11.3 Å². The average molecular weight is 482 g/mol. The number of carbonyl (C=O) groups excluding carboxylic acids is 2. The van der Waals surface area contributed by atoms with E-state index in [1.54, 1.807) is 30.5 Å². The fraction of sp³-hybridized carbons (Fsp3) is 0.190. The number of hydrogen-bond acceptors (Lipinski definition) is 6. The molecule has 1 atom stereocenters. The second-order valence-corrected chi connectivity index (χ2v) is 8.60. The lowest BCUT2D eigenvalue weighted by Crippen LogP contribution is -2.25. The Hall–Kier alpha value is -3.05. The first-order chi connectivity index (χ1) is 15.3. The van der Waals surface area contributed by atoms with Crippen molar-refractivity contribution in [3.63, 3.8) is 0 Å². The number of rotatable bonds is 9. The molecule has 0 fully saturated rings. The van der Waals surface area contributed by atoms with Crippen LogP contribution < -0.4 is 15.4 Å². The number of halogens is 3. The van der Waals surface area contributed by atoms with Crippen molar-refractivity contribution in [2.75, 3.05) is 16.4 Å². The molecule has 0 aliphatic carbocycles. The first-order valence-electron chi connectivity index (χ1n) is 9.29. The summed E-state index contributed by atoms with van der Waals surface area (Å²) in [6.07, 6.45) is 0. The van der Waals surface area contributed by atoms with Gasteiger partial charge in [0.1, 0.15) is 11.6 Å². The Kier molecular flexibility index (Phi) is 8.12. The molecule has 6 nitrogen and oxygen atoms in total. The molecule has 0 aliphatic rings. The van der Waals surface area contributed by atoms with E-state index in [2.05, 4.69) is 20.4 Å².